The predicted octanol–water partition coefficient (Wildman–Crippen LogP) is 3.02. The largest absolute Gasteiger partial charge is 0.347 e. The first-order valence-corrected chi connectivity index (χ1v) is 7.70. The maximum Gasteiger partial charge on any atom is 0.270 e. The van der Waals surface area contributed by atoms with Crippen molar-refractivity contribution in [3.63, 3.8) is 0 Å². The van der Waals surface area contributed by atoms with E-state index >= 15 is 0 Å². The van der Waals surface area contributed by atoms with Gasteiger partial charge in [-0.1, -0.05) is 26.0 Å². The molecule has 0 aliphatic carbocycles. The molecule has 1 amide bonds. The van der Waals surface area contributed by atoms with E-state index in [4.69, 9.17) is 4.98 Å². The minimum atomic E-state index is -0.172. The van der Waals surface area contributed by atoms with Crippen LogP contribution in [0.4, 0.5) is 0 Å². The molecule has 0 saturated heterocycles. The molecule has 2 aromatic heterocycles. The molecular weight excluding hydrogens is 288 g/mol. The zero-order valence-corrected chi connectivity index (χ0v) is 13.6. The van der Waals surface area contributed by atoms with E-state index in [2.05, 4.69) is 34.8 Å². The van der Waals surface area contributed by atoms with Gasteiger partial charge in [-0.3, -0.25) is 9.78 Å². The second-order valence-electron chi connectivity index (χ2n) is 5.90. The van der Waals surface area contributed by atoms with Crippen LogP contribution in [-0.2, 0) is 13.6 Å². The topological polar surface area (TPSA) is 59.8 Å². The molecule has 3 aromatic rings. The first kappa shape index (κ1) is 15.2. The van der Waals surface area contributed by atoms with Gasteiger partial charge in [-0.2, -0.15) is 0 Å². The van der Waals surface area contributed by atoms with Crippen molar-refractivity contribution in [3.05, 3.63) is 59.7 Å². The Labute approximate surface area is 135 Å². The molecular formula is C18H20N4O. The SMILES string of the molecule is CC(C)c1nc2cc(CNC(=O)c3ccccn3)ccc2n1C. The third-order valence-corrected chi connectivity index (χ3v) is 3.85. The van der Waals surface area contributed by atoms with E-state index < -0.39 is 0 Å². The molecule has 0 atom stereocenters. The van der Waals surface area contributed by atoms with Crippen molar-refractivity contribution >= 4 is 16.9 Å². The van der Waals surface area contributed by atoms with Crippen molar-refractivity contribution in [3.8, 4) is 0 Å². The number of fused-ring (bicyclic) bond motifs is 1. The lowest BCUT2D eigenvalue weighted by molar-refractivity contribution is 0.0946. The zero-order chi connectivity index (χ0) is 16.4. The summed E-state index contributed by atoms with van der Waals surface area (Å²) in [4.78, 5) is 20.8. The first-order chi connectivity index (χ1) is 11.1. The zero-order valence-electron chi connectivity index (χ0n) is 13.6. The van der Waals surface area contributed by atoms with Crippen molar-refractivity contribution in [2.45, 2.75) is 26.3 Å². The maximum absolute atomic E-state index is 12.0. The lowest BCUT2D eigenvalue weighted by Gasteiger charge is -2.06. The van der Waals surface area contributed by atoms with Gasteiger partial charge in [0.2, 0.25) is 0 Å². The smallest absolute Gasteiger partial charge is 0.270 e. The average Bonchev–Trinajstić information content (AvgIpc) is 2.90. The van der Waals surface area contributed by atoms with Gasteiger partial charge in [-0.25, -0.2) is 4.98 Å². The summed E-state index contributed by atoms with van der Waals surface area (Å²) in [5.41, 5.74) is 3.51. The number of carbonyl (C=O) groups is 1. The van der Waals surface area contributed by atoms with Crippen LogP contribution in [0.3, 0.4) is 0 Å². The molecule has 0 radical (unpaired) electrons. The summed E-state index contributed by atoms with van der Waals surface area (Å²) in [5.74, 6) is 1.27. The molecule has 0 aliphatic heterocycles. The fraction of sp³-hybridized carbons (Fsp3) is 0.278. The number of nitrogens with one attached hydrogen (secondary N) is 1. The van der Waals surface area contributed by atoms with E-state index in [0.29, 0.717) is 18.2 Å². The second kappa shape index (κ2) is 6.20. The lowest BCUT2D eigenvalue weighted by atomic mass is 10.2. The van der Waals surface area contributed by atoms with Crippen LogP contribution in [0.5, 0.6) is 0 Å². The quantitative estimate of drug-likeness (QED) is 0.806. The van der Waals surface area contributed by atoms with Crippen LogP contribution in [0.15, 0.2) is 42.6 Å². The van der Waals surface area contributed by atoms with Gasteiger partial charge < -0.3 is 9.88 Å². The van der Waals surface area contributed by atoms with Crippen molar-refractivity contribution in [1.82, 2.24) is 19.9 Å². The number of aromatic nitrogens is 3. The fourth-order valence-corrected chi connectivity index (χ4v) is 2.66. The molecule has 0 unspecified atom stereocenters. The van der Waals surface area contributed by atoms with Crippen LogP contribution >= 0.6 is 0 Å². The predicted molar refractivity (Wildman–Crippen MR) is 90.2 cm³/mol. The number of hydrogen-bond donors (Lipinski definition) is 1. The molecule has 2 heterocycles. The van der Waals surface area contributed by atoms with E-state index in [9.17, 15) is 4.79 Å². The molecule has 1 aromatic carbocycles. The van der Waals surface area contributed by atoms with Crippen molar-refractivity contribution in [2.24, 2.45) is 7.05 Å². The lowest BCUT2D eigenvalue weighted by Crippen LogP contribution is -2.23. The molecule has 0 aliphatic rings. The molecule has 1 N–H and O–H groups in total. The van der Waals surface area contributed by atoms with Crippen LogP contribution in [0.1, 0.15) is 41.6 Å². The summed E-state index contributed by atoms with van der Waals surface area (Å²) in [6.07, 6.45) is 1.61. The van der Waals surface area contributed by atoms with E-state index in [1.807, 2.05) is 19.2 Å². The summed E-state index contributed by atoms with van der Waals surface area (Å²) in [7, 11) is 2.03. The van der Waals surface area contributed by atoms with Crippen LogP contribution in [0.2, 0.25) is 0 Å². The highest BCUT2D eigenvalue weighted by Crippen LogP contribution is 2.21. The number of aryl methyl sites for hydroxylation is 1. The second-order valence-corrected chi connectivity index (χ2v) is 5.90. The van der Waals surface area contributed by atoms with Crippen molar-refractivity contribution < 1.29 is 4.79 Å². The summed E-state index contributed by atoms with van der Waals surface area (Å²) in [6.45, 7) is 4.73. The van der Waals surface area contributed by atoms with Gasteiger partial charge in [0.05, 0.1) is 11.0 Å². The first-order valence-electron chi connectivity index (χ1n) is 7.70. The number of carbonyl (C=O) groups excluding carboxylic acids is 1. The fourth-order valence-electron chi connectivity index (χ4n) is 2.66. The van der Waals surface area contributed by atoms with Crippen molar-refractivity contribution in [2.75, 3.05) is 0 Å². The summed E-state index contributed by atoms with van der Waals surface area (Å²) in [6, 6.07) is 11.4. The number of nitrogens with zero attached hydrogens (tertiary/aromatic N) is 3. The standard InChI is InChI=1S/C18H20N4O/c1-12(2)17-21-15-10-13(7-8-16(15)22(17)3)11-20-18(23)14-6-4-5-9-19-14/h4-10,12H,11H2,1-3H3,(H,20,23). The van der Waals surface area contributed by atoms with Crippen LogP contribution < -0.4 is 5.32 Å². The van der Waals surface area contributed by atoms with Gasteiger partial charge >= 0.3 is 0 Å². The summed E-state index contributed by atoms with van der Waals surface area (Å²) < 4.78 is 2.12. The molecule has 0 fully saturated rings. The number of benzene rings is 1. The highest BCUT2D eigenvalue weighted by Gasteiger charge is 2.11. The minimum absolute atomic E-state index is 0.172. The summed E-state index contributed by atoms with van der Waals surface area (Å²) >= 11 is 0. The Morgan fingerprint density at radius 3 is 2.78 bits per heavy atom. The van der Waals surface area contributed by atoms with Crippen LogP contribution in [0.25, 0.3) is 11.0 Å². The molecule has 0 bridgehead atoms. The van der Waals surface area contributed by atoms with Crippen LogP contribution in [-0.4, -0.2) is 20.4 Å². The van der Waals surface area contributed by atoms with E-state index in [-0.39, 0.29) is 5.91 Å². The number of amides is 1. The van der Waals surface area contributed by atoms with E-state index in [1.54, 1.807) is 24.4 Å². The Bertz CT molecular complexity index is 837. The normalized spacial score (nSPS) is 11.1. The van der Waals surface area contributed by atoms with Gasteiger partial charge in [0.15, 0.2) is 0 Å². The number of rotatable bonds is 4. The minimum Gasteiger partial charge on any atom is -0.347 e. The number of pyridine rings is 1. The Morgan fingerprint density at radius 2 is 2.09 bits per heavy atom. The van der Waals surface area contributed by atoms with E-state index in [0.717, 1.165) is 22.4 Å². The van der Waals surface area contributed by atoms with Crippen molar-refractivity contribution in [1.29, 1.82) is 0 Å². The number of imidazole rings is 1. The van der Waals surface area contributed by atoms with Gasteiger partial charge in [0.1, 0.15) is 11.5 Å². The Kier molecular flexibility index (Phi) is 4.10. The van der Waals surface area contributed by atoms with E-state index in [1.165, 1.54) is 0 Å². The van der Waals surface area contributed by atoms with Gasteiger partial charge in [-0.15, -0.1) is 0 Å². The maximum atomic E-state index is 12.0. The summed E-state index contributed by atoms with van der Waals surface area (Å²) in [5, 5.41) is 2.89. The molecule has 0 saturated carbocycles. The average molecular weight is 308 g/mol. The molecule has 5 nitrogen and oxygen atoms in total. The van der Waals surface area contributed by atoms with Gasteiger partial charge in [-0.05, 0) is 29.8 Å². The third-order valence-electron chi connectivity index (χ3n) is 3.85. The monoisotopic (exact) mass is 308 g/mol. The Balaban J connectivity index is 1.77. The number of hydrogen-bond acceptors (Lipinski definition) is 3. The highest BCUT2D eigenvalue weighted by molar-refractivity contribution is 5.92. The van der Waals surface area contributed by atoms with Gasteiger partial charge in [0.25, 0.3) is 5.91 Å². The Morgan fingerprint density at radius 1 is 1.26 bits per heavy atom. The molecule has 118 valence electrons. The molecule has 5 heteroatoms. The molecule has 0 spiro atoms. The molecule has 23 heavy (non-hydrogen) atoms. The van der Waals surface area contributed by atoms with Crippen LogP contribution in [0, 0.1) is 0 Å². The Hall–Kier alpha value is -2.69. The third kappa shape index (κ3) is 3.08. The molecule has 3 rings (SSSR count). The highest BCUT2D eigenvalue weighted by atomic mass is 16.1. The van der Waals surface area contributed by atoms with Gasteiger partial charge in [0, 0.05) is 25.7 Å².